The van der Waals surface area contributed by atoms with Gasteiger partial charge in [0, 0.05) is 23.2 Å². The summed E-state index contributed by atoms with van der Waals surface area (Å²) in [4.78, 5) is 17.9. The Balaban J connectivity index is 1.39. The van der Waals surface area contributed by atoms with Crippen LogP contribution in [0.25, 0.3) is 21.8 Å². The standard InChI is InChI=1S/C24H16N4O/c1-5-17-7-3-13-25-23(17)21(9-1)27-15-19-11-12-20(29-19)16-28-22-10-2-6-18-8-4-14-26-24(18)22/h1-16H. The number of rotatable bonds is 4. The molecule has 0 N–H and O–H groups in total. The van der Waals surface area contributed by atoms with E-state index in [9.17, 15) is 0 Å². The minimum absolute atomic E-state index is 0.649. The maximum Gasteiger partial charge on any atom is 0.145 e. The van der Waals surface area contributed by atoms with Crippen molar-refractivity contribution in [2.75, 3.05) is 0 Å². The minimum Gasteiger partial charge on any atom is -0.454 e. The Morgan fingerprint density at radius 2 is 1.07 bits per heavy atom. The van der Waals surface area contributed by atoms with Crippen LogP contribution in [0.5, 0.6) is 0 Å². The minimum atomic E-state index is 0.649. The lowest BCUT2D eigenvalue weighted by Gasteiger charge is -1.99. The van der Waals surface area contributed by atoms with Crippen LogP contribution in [0.15, 0.2) is 99.6 Å². The third kappa shape index (κ3) is 3.53. The van der Waals surface area contributed by atoms with E-state index in [2.05, 4.69) is 20.0 Å². The van der Waals surface area contributed by atoms with Gasteiger partial charge in [-0.3, -0.25) is 20.0 Å². The monoisotopic (exact) mass is 376 g/mol. The smallest absolute Gasteiger partial charge is 0.145 e. The Kier molecular flexibility index (Phi) is 4.39. The number of hydrogen-bond donors (Lipinski definition) is 0. The molecule has 29 heavy (non-hydrogen) atoms. The van der Waals surface area contributed by atoms with Gasteiger partial charge >= 0.3 is 0 Å². The van der Waals surface area contributed by atoms with Crippen LogP contribution in [-0.2, 0) is 0 Å². The predicted molar refractivity (Wildman–Crippen MR) is 117 cm³/mol. The number of aromatic nitrogens is 2. The number of nitrogens with zero attached hydrogens (tertiary/aromatic N) is 4. The Labute approximate surface area is 167 Å². The van der Waals surface area contributed by atoms with Crippen LogP contribution in [0.3, 0.4) is 0 Å². The van der Waals surface area contributed by atoms with Gasteiger partial charge in [-0.2, -0.15) is 0 Å². The van der Waals surface area contributed by atoms with E-state index in [1.165, 1.54) is 0 Å². The number of furan rings is 1. The average Bonchev–Trinajstić information content (AvgIpc) is 3.24. The quantitative estimate of drug-likeness (QED) is 0.368. The third-order valence-corrected chi connectivity index (χ3v) is 4.53. The van der Waals surface area contributed by atoms with Crippen molar-refractivity contribution >= 4 is 45.6 Å². The molecule has 0 atom stereocenters. The molecule has 0 saturated carbocycles. The van der Waals surface area contributed by atoms with Crippen molar-refractivity contribution in [1.29, 1.82) is 0 Å². The van der Waals surface area contributed by atoms with Crippen molar-refractivity contribution in [2.45, 2.75) is 0 Å². The molecule has 0 bridgehead atoms. The van der Waals surface area contributed by atoms with Crippen molar-refractivity contribution in [2.24, 2.45) is 9.98 Å². The molecule has 3 heterocycles. The highest BCUT2D eigenvalue weighted by Gasteiger charge is 2.02. The van der Waals surface area contributed by atoms with E-state index < -0.39 is 0 Å². The van der Waals surface area contributed by atoms with Gasteiger partial charge in [0.15, 0.2) is 0 Å². The van der Waals surface area contributed by atoms with Crippen molar-refractivity contribution in [3.8, 4) is 0 Å². The molecular formula is C24H16N4O. The second kappa shape index (κ2) is 7.48. The number of pyridine rings is 2. The summed E-state index contributed by atoms with van der Waals surface area (Å²) in [5.41, 5.74) is 3.33. The number of para-hydroxylation sites is 2. The Morgan fingerprint density at radius 3 is 1.59 bits per heavy atom. The highest BCUT2D eigenvalue weighted by molar-refractivity contribution is 5.93. The fourth-order valence-electron chi connectivity index (χ4n) is 3.16. The van der Waals surface area contributed by atoms with Crippen LogP contribution in [0.4, 0.5) is 11.4 Å². The molecule has 5 nitrogen and oxygen atoms in total. The first-order valence-electron chi connectivity index (χ1n) is 9.22. The van der Waals surface area contributed by atoms with Gasteiger partial charge in [-0.05, 0) is 36.4 Å². The van der Waals surface area contributed by atoms with Gasteiger partial charge in [0.1, 0.15) is 11.5 Å². The first-order chi connectivity index (χ1) is 14.4. The molecule has 3 aromatic heterocycles. The van der Waals surface area contributed by atoms with Crippen molar-refractivity contribution in [3.63, 3.8) is 0 Å². The van der Waals surface area contributed by atoms with Crippen LogP contribution in [-0.4, -0.2) is 22.4 Å². The van der Waals surface area contributed by atoms with Crippen LogP contribution >= 0.6 is 0 Å². The van der Waals surface area contributed by atoms with Gasteiger partial charge in [-0.25, -0.2) is 0 Å². The largest absolute Gasteiger partial charge is 0.454 e. The van der Waals surface area contributed by atoms with Gasteiger partial charge in [-0.1, -0.05) is 36.4 Å². The van der Waals surface area contributed by atoms with Crippen LogP contribution in [0, 0.1) is 0 Å². The molecule has 2 aromatic carbocycles. The van der Waals surface area contributed by atoms with E-state index in [1.807, 2.05) is 72.8 Å². The predicted octanol–water partition coefficient (Wildman–Crippen LogP) is 5.88. The maximum atomic E-state index is 5.81. The average molecular weight is 376 g/mol. The molecule has 5 rings (SSSR count). The molecule has 0 fully saturated rings. The zero-order valence-corrected chi connectivity index (χ0v) is 15.4. The molecule has 138 valence electrons. The molecule has 0 aliphatic rings. The zero-order chi connectivity index (χ0) is 19.5. The molecule has 0 unspecified atom stereocenters. The van der Waals surface area contributed by atoms with E-state index in [4.69, 9.17) is 4.42 Å². The van der Waals surface area contributed by atoms with E-state index in [0.29, 0.717) is 11.5 Å². The fraction of sp³-hybridized carbons (Fsp3) is 0. The van der Waals surface area contributed by atoms with Gasteiger partial charge < -0.3 is 4.42 Å². The first-order valence-corrected chi connectivity index (χ1v) is 9.22. The second-order valence-corrected chi connectivity index (χ2v) is 6.46. The van der Waals surface area contributed by atoms with E-state index >= 15 is 0 Å². The van der Waals surface area contributed by atoms with Gasteiger partial charge in [0.25, 0.3) is 0 Å². The molecule has 0 amide bonds. The number of aliphatic imine (C=N–C) groups is 2. The summed E-state index contributed by atoms with van der Waals surface area (Å²) in [5, 5.41) is 2.11. The zero-order valence-electron chi connectivity index (χ0n) is 15.4. The molecule has 0 spiro atoms. The summed E-state index contributed by atoms with van der Waals surface area (Å²) in [6.45, 7) is 0. The highest BCUT2D eigenvalue weighted by Crippen LogP contribution is 2.24. The molecule has 0 aliphatic heterocycles. The van der Waals surface area contributed by atoms with Gasteiger partial charge in [0.2, 0.25) is 0 Å². The third-order valence-electron chi connectivity index (χ3n) is 4.53. The Bertz CT molecular complexity index is 1250. The lowest BCUT2D eigenvalue weighted by Crippen LogP contribution is -1.81. The van der Waals surface area contributed by atoms with E-state index in [-0.39, 0.29) is 0 Å². The molecule has 0 aliphatic carbocycles. The summed E-state index contributed by atoms with van der Waals surface area (Å²) in [7, 11) is 0. The number of benzene rings is 2. The first kappa shape index (κ1) is 17.0. The Morgan fingerprint density at radius 1 is 0.586 bits per heavy atom. The topological polar surface area (TPSA) is 63.6 Å². The maximum absolute atomic E-state index is 5.81. The Hall–Kier alpha value is -4.12. The summed E-state index contributed by atoms with van der Waals surface area (Å²) >= 11 is 0. The number of hydrogen-bond acceptors (Lipinski definition) is 5. The summed E-state index contributed by atoms with van der Waals surface area (Å²) in [6.07, 6.45) is 6.93. The normalized spacial score (nSPS) is 11.9. The van der Waals surface area contributed by atoms with Crippen molar-refractivity contribution in [3.05, 3.63) is 96.7 Å². The van der Waals surface area contributed by atoms with Crippen LogP contribution < -0.4 is 0 Å². The second-order valence-electron chi connectivity index (χ2n) is 6.46. The lowest BCUT2D eigenvalue weighted by atomic mass is 10.2. The highest BCUT2D eigenvalue weighted by atomic mass is 16.3. The SMILES string of the molecule is C(=Nc1cccc2cccnc12)c1ccc(C=Nc2cccc3cccnc23)o1. The van der Waals surface area contributed by atoms with Crippen molar-refractivity contribution in [1.82, 2.24) is 9.97 Å². The van der Waals surface area contributed by atoms with E-state index in [1.54, 1.807) is 24.8 Å². The molecule has 5 aromatic rings. The summed E-state index contributed by atoms with van der Waals surface area (Å²) in [5.74, 6) is 1.30. The van der Waals surface area contributed by atoms with E-state index in [0.717, 1.165) is 33.2 Å². The fourth-order valence-corrected chi connectivity index (χ4v) is 3.16. The summed E-state index contributed by atoms with van der Waals surface area (Å²) < 4.78 is 5.81. The van der Waals surface area contributed by atoms with Crippen LogP contribution in [0.1, 0.15) is 11.5 Å². The lowest BCUT2D eigenvalue weighted by molar-refractivity contribution is 0.553. The van der Waals surface area contributed by atoms with Crippen molar-refractivity contribution < 1.29 is 4.42 Å². The molecule has 0 saturated heterocycles. The van der Waals surface area contributed by atoms with Gasteiger partial charge in [-0.15, -0.1) is 0 Å². The molecule has 5 heteroatoms. The molecular weight excluding hydrogens is 360 g/mol. The molecule has 0 radical (unpaired) electrons. The van der Waals surface area contributed by atoms with Crippen LogP contribution in [0.2, 0.25) is 0 Å². The number of fused-ring (bicyclic) bond motifs is 2. The summed E-state index contributed by atoms with van der Waals surface area (Å²) in [6, 6.07) is 23.4. The van der Waals surface area contributed by atoms with Gasteiger partial charge in [0.05, 0.1) is 34.8 Å².